The first kappa shape index (κ1) is 31.2. The van der Waals surface area contributed by atoms with Gasteiger partial charge in [-0.1, -0.05) is 60.7 Å². The molecule has 5 aliphatic carbocycles. The summed E-state index contributed by atoms with van der Waals surface area (Å²) in [6.07, 6.45) is 8.81. The first-order valence-electron chi connectivity index (χ1n) is 16.8. The van der Waals surface area contributed by atoms with Crippen LogP contribution in [0.15, 0.2) is 111 Å². The molecular weight excluding hydrogens is 701 g/mol. The van der Waals surface area contributed by atoms with Crippen LogP contribution < -0.4 is 8.49 Å². The molecule has 8 rings (SSSR count). The van der Waals surface area contributed by atoms with Gasteiger partial charge in [-0.05, 0) is 11.1 Å². The molecule has 4 bridgehead atoms. The summed E-state index contributed by atoms with van der Waals surface area (Å²) < 4.78 is 9.53. The standard InChI is InChI=1S/C12H20N.C12H10.C9H13.C6H7Si.CH3.Hf/c1-10-3-9-4-11(2,6-10)8-12(13,5-9)7-10;1-3-7-11(8-4-1)12-9-5-2-6-10-12;1-6-5-7(2)9(4)8(6)3;7-6-4-2-1-3-5-6;;/h9,13H,3-8H2,1-2H3;1-10H;6H,1-4H3;1-5H,7H2;1H3;/q-1;;;;;+1. The maximum atomic E-state index is 4.78. The number of nitrogens with one attached hydrogen (secondary N) is 1. The van der Waals surface area contributed by atoms with Crippen molar-refractivity contribution in [3.63, 3.8) is 0 Å². The predicted octanol–water partition coefficient (Wildman–Crippen LogP) is 9.47. The molecule has 4 saturated carbocycles. The topological polar surface area (TPSA) is 12.0 Å². The van der Waals surface area contributed by atoms with Crippen molar-refractivity contribution in [2.75, 3.05) is 0 Å². The Morgan fingerprint density at radius 2 is 1.16 bits per heavy atom. The smallest absolute Gasteiger partial charge is 0.0184 e. The van der Waals surface area contributed by atoms with Gasteiger partial charge >= 0.3 is 198 Å². The molecule has 0 spiro atoms. The molecule has 3 aromatic carbocycles. The summed E-state index contributed by atoms with van der Waals surface area (Å²) in [5.41, 5.74) is 9.06. The van der Waals surface area contributed by atoms with Gasteiger partial charge in [0.25, 0.3) is 0 Å². The summed E-state index contributed by atoms with van der Waals surface area (Å²) in [6, 6.07) is 32.4. The molecule has 5 aliphatic rings. The Morgan fingerprint density at radius 1 is 0.674 bits per heavy atom. The molecule has 226 valence electrons. The molecule has 3 heteroatoms. The average Bonchev–Trinajstić information content (AvgIpc) is 3.15. The zero-order valence-corrected chi connectivity index (χ0v) is 32.8. The third kappa shape index (κ3) is 6.33. The third-order valence-electron chi connectivity index (χ3n) is 11.7. The number of hydrogen-bond donors (Lipinski definition) is 1. The molecule has 1 N–H and O–H groups in total. The Labute approximate surface area is 268 Å². The maximum Gasteiger partial charge on any atom is -0.0184 e. The van der Waals surface area contributed by atoms with Gasteiger partial charge < -0.3 is 0 Å². The van der Waals surface area contributed by atoms with E-state index in [-0.39, 0.29) is 6.71 Å². The zero-order valence-electron chi connectivity index (χ0n) is 27.8. The van der Waals surface area contributed by atoms with Crippen LogP contribution in [-0.4, -0.2) is 12.2 Å². The third-order valence-corrected chi connectivity index (χ3v) is 40.9. The van der Waals surface area contributed by atoms with E-state index in [0.29, 0.717) is 22.3 Å². The molecule has 4 fully saturated rings. The molecule has 43 heavy (non-hydrogen) atoms. The number of rotatable bonds is 6. The number of benzene rings is 3. The summed E-state index contributed by atoms with van der Waals surface area (Å²) in [7, 11) is 0. The van der Waals surface area contributed by atoms with E-state index in [1.807, 2.05) is 15.5 Å². The second-order valence-electron chi connectivity index (χ2n) is 15.8. The minimum absolute atomic E-state index is 0.330. The van der Waals surface area contributed by atoms with Gasteiger partial charge in [0.1, 0.15) is 0 Å². The Morgan fingerprint density at radius 3 is 1.60 bits per heavy atom. The average molecular weight is 754 g/mol. The normalized spacial score (nSPS) is 32.7. The van der Waals surface area contributed by atoms with E-state index in [2.05, 4.69) is 125 Å². The Balaban J connectivity index is 0.000000229. The van der Waals surface area contributed by atoms with Crippen LogP contribution in [0.4, 0.5) is 0 Å². The SMILES string of the molecule is CC1=C(C)C(C)[C]([Hf]([CH3])([NH]C23CC4CC(C)(CC(C)(C4)C2)C3)[SiH2]c2ccccc2)=C1C.c1ccc(-c2ccccc2)cc1. The van der Waals surface area contributed by atoms with Crippen molar-refractivity contribution in [2.45, 2.75) is 90.3 Å². The fourth-order valence-corrected chi connectivity index (χ4v) is 48.1. The van der Waals surface area contributed by atoms with E-state index in [1.54, 1.807) is 21.9 Å². The molecule has 1 nitrogen and oxygen atoms in total. The molecule has 0 amide bonds. The van der Waals surface area contributed by atoms with Crippen LogP contribution in [0, 0.1) is 22.7 Å². The molecule has 3 aromatic rings. The number of allylic oxidation sites excluding steroid dienone is 4. The fraction of sp³-hybridized carbons (Fsp3) is 0.450. The van der Waals surface area contributed by atoms with E-state index in [1.165, 1.54) is 49.7 Å². The van der Waals surface area contributed by atoms with Gasteiger partial charge in [-0.15, -0.1) is 0 Å². The Bertz CT molecular complexity index is 1450. The van der Waals surface area contributed by atoms with Crippen molar-refractivity contribution < 1.29 is 19.4 Å². The van der Waals surface area contributed by atoms with Gasteiger partial charge in [0.15, 0.2) is 0 Å². The second-order valence-corrected chi connectivity index (χ2v) is 44.8. The van der Waals surface area contributed by atoms with Gasteiger partial charge in [-0.3, -0.25) is 0 Å². The summed E-state index contributed by atoms with van der Waals surface area (Å²) in [5.74, 6) is 1.63. The van der Waals surface area contributed by atoms with Crippen molar-refractivity contribution in [3.8, 4) is 11.1 Å². The fourth-order valence-electron chi connectivity index (χ4n) is 10.9. The molecular formula is C40H53HfNSi. The predicted molar refractivity (Wildman–Crippen MR) is 186 cm³/mol. The molecule has 0 heterocycles. The zero-order chi connectivity index (χ0) is 30.5. The maximum absolute atomic E-state index is 4.78. The van der Waals surface area contributed by atoms with Crippen LogP contribution in [0.1, 0.15) is 80.1 Å². The van der Waals surface area contributed by atoms with Gasteiger partial charge in [-0.2, -0.15) is 0 Å². The van der Waals surface area contributed by atoms with Crippen LogP contribution in [0.25, 0.3) is 11.1 Å². The van der Waals surface area contributed by atoms with Crippen LogP contribution in [0.3, 0.4) is 0 Å². The van der Waals surface area contributed by atoms with E-state index >= 15 is 0 Å². The summed E-state index contributed by atoms with van der Waals surface area (Å²) in [5, 5.41) is 1.69. The van der Waals surface area contributed by atoms with Crippen LogP contribution in [0.2, 0.25) is 4.68 Å². The minimum atomic E-state index is -2.94. The van der Waals surface area contributed by atoms with Gasteiger partial charge in [0.2, 0.25) is 0 Å². The van der Waals surface area contributed by atoms with Crippen molar-refractivity contribution in [1.29, 1.82) is 0 Å². The van der Waals surface area contributed by atoms with Crippen molar-refractivity contribution >= 4 is 11.9 Å². The van der Waals surface area contributed by atoms with Crippen molar-refractivity contribution in [2.24, 2.45) is 22.7 Å². The van der Waals surface area contributed by atoms with Crippen LogP contribution in [0.5, 0.6) is 0 Å². The van der Waals surface area contributed by atoms with E-state index < -0.39 is 19.4 Å². The minimum Gasteiger partial charge on any atom is -0.0622 e. The van der Waals surface area contributed by atoms with E-state index in [0.717, 1.165) is 5.92 Å². The first-order chi connectivity index (χ1) is 20.4. The Hall–Kier alpha value is -1.81. The monoisotopic (exact) mass is 755 g/mol. The summed E-state index contributed by atoms with van der Waals surface area (Å²) in [4.78, 5) is 0. The summed E-state index contributed by atoms with van der Waals surface area (Å²) in [6.45, 7) is 14.7. The van der Waals surface area contributed by atoms with Gasteiger partial charge in [0.05, 0.1) is 0 Å². The molecule has 0 saturated heterocycles. The first-order valence-corrected chi connectivity index (χ1v) is 33.0. The second kappa shape index (κ2) is 11.8. The van der Waals surface area contributed by atoms with Gasteiger partial charge in [-0.25, -0.2) is 0 Å². The quantitative estimate of drug-likeness (QED) is 0.248. The molecule has 0 aromatic heterocycles. The molecule has 0 aliphatic heterocycles. The van der Waals surface area contributed by atoms with Crippen LogP contribution in [-0.2, 0) is 19.4 Å². The Kier molecular flexibility index (Phi) is 8.59. The van der Waals surface area contributed by atoms with Gasteiger partial charge in [0, 0.05) is 0 Å². The van der Waals surface area contributed by atoms with Crippen LogP contribution >= 0.6 is 0 Å². The van der Waals surface area contributed by atoms with E-state index in [4.69, 9.17) is 3.30 Å². The largest absolute Gasteiger partial charge is 0.0622 e. The van der Waals surface area contributed by atoms with Crippen molar-refractivity contribution in [3.05, 3.63) is 111 Å². The molecule has 4 atom stereocenters. The molecule has 0 radical (unpaired) electrons. The molecule has 4 unspecified atom stereocenters. The summed E-state index contributed by atoms with van der Waals surface area (Å²) >= 11 is -2.94. The van der Waals surface area contributed by atoms with E-state index in [9.17, 15) is 0 Å². The number of hydrogen-bond acceptors (Lipinski definition) is 1. The van der Waals surface area contributed by atoms with Crippen molar-refractivity contribution in [1.82, 2.24) is 3.30 Å².